The molecule has 5 heteroatoms. The van der Waals surface area contributed by atoms with E-state index in [0.29, 0.717) is 22.6 Å². The number of ether oxygens (including phenoxy) is 1. The van der Waals surface area contributed by atoms with Gasteiger partial charge in [0.1, 0.15) is 11.5 Å². The number of nitrogens with one attached hydrogen (secondary N) is 1. The molecule has 0 fully saturated rings. The van der Waals surface area contributed by atoms with E-state index in [1.54, 1.807) is 48.5 Å². The maximum atomic E-state index is 12.4. The van der Waals surface area contributed by atoms with Crippen molar-refractivity contribution in [2.24, 2.45) is 5.73 Å². The van der Waals surface area contributed by atoms with Crippen LogP contribution < -0.4 is 15.8 Å². The Morgan fingerprint density at radius 3 is 1.97 bits per heavy atom. The summed E-state index contributed by atoms with van der Waals surface area (Å²) in [5.74, 6) is 0.597. The molecule has 3 N–H and O–H groups in total. The predicted octanol–water partition coefficient (Wildman–Crippen LogP) is 4.33. The van der Waals surface area contributed by atoms with Gasteiger partial charge in [0.05, 0.1) is 0 Å². The third-order valence-electron chi connectivity index (χ3n) is 4.58. The highest BCUT2D eigenvalue weighted by Gasteiger charge is 2.10. The molecule has 3 aromatic carbocycles. The van der Waals surface area contributed by atoms with Crippen LogP contribution in [0.1, 0.15) is 39.6 Å². The molecule has 29 heavy (non-hydrogen) atoms. The molecule has 0 saturated carbocycles. The van der Waals surface area contributed by atoms with E-state index in [2.05, 4.69) is 17.4 Å². The van der Waals surface area contributed by atoms with Gasteiger partial charge in [-0.15, -0.1) is 0 Å². The summed E-state index contributed by atoms with van der Waals surface area (Å²) in [5.41, 5.74) is 7.49. The highest BCUT2D eigenvalue weighted by molar-refractivity contribution is 5.94. The molecule has 148 valence electrons. The lowest BCUT2D eigenvalue weighted by atomic mass is 10.1. The average Bonchev–Trinajstić information content (AvgIpc) is 2.74. The predicted molar refractivity (Wildman–Crippen MR) is 113 cm³/mol. The Labute approximate surface area is 170 Å². The van der Waals surface area contributed by atoms with Crippen LogP contribution in [0.25, 0.3) is 0 Å². The summed E-state index contributed by atoms with van der Waals surface area (Å²) in [6, 6.07) is 23.8. The van der Waals surface area contributed by atoms with E-state index in [-0.39, 0.29) is 11.9 Å². The lowest BCUT2D eigenvalue weighted by Gasteiger charge is -2.14. The van der Waals surface area contributed by atoms with E-state index in [1.807, 2.05) is 25.1 Å². The highest BCUT2D eigenvalue weighted by atomic mass is 16.5. The number of amides is 2. The van der Waals surface area contributed by atoms with Gasteiger partial charge in [0, 0.05) is 17.2 Å². The summed E-state index contributed by atoms with van der Waals surface area (Å²) >= 11 is 0. The van der Waals surface area contributed by atoms with Crippen LogP contribution in [0.3, 0.4) is 0 Å². The van der Waals surface area contributed by atoms with E-state index in [9.17, 15) is 9.59 Å². The Kier molecular flexibility index (Phi) is 6.63. The quantitative estimate of drug-likeness (QED) is 0.603. The minimum absolute atomic E-state index is 0.0717. The second kappa shape index (κ2) is 9.55. The lowest BCUT2D eigenvalue weighted by molar-refractivity contribution is 0.0937. The van der Waals surface area contributed by atoms with Gasteiger partial charge in [-0.25, -0.2) is 0 Å². The number of carbonyl (C=O) groups excluding carboxylic acids is 2. The van der Waals surface area contributed by atoms with E-state index >= 15 is 0 Å². The molecule has 1 unspecified atom stereocenters. The Morgan fingerprint density at radius 1 is 0.862 bits per heavy atom. The van der Waals surface area contributed by atoms with Crippen LogP contribution in [-0.2, 0) is 6.42 Å². The number of carbonyl (C=O) groups is 2. The van der Waals surface area contributed by atoms with Crippen LogP contribution in [-0.4, -0.2) is 17.9 Å². The molecular weight excluding hydrogens is 364 g/mol. The molecule has 3 rings (SSSR count). The molecule has 0 aliphatic carbocycles. The maximum absolute atomic E-state index is 12.4. The molecular formula is C24H24N2O3. The molecule has 2 amide bonds. The van der Waals surface area contributed by atoms with Crippen molar-refractivity contribution < 1.29 is 14.3 Å². The van der Waals surface area contributed by atoms with Gasteiger partial charge in [-0.2, -0.15) is 0 Å². The molecule has 0 aliphatic rings. The molecule has 0 bridgehead atoms. The second-order valence-electron chi connectivity index (χ2n) is 6.91. The number of aryl methyl sites for hydroxylation is 1. The van der Waals surface area contributed by atoms with Crippen molar-refractivity contribution in [3.63, 3.8) is 0 Å². The van der Waals surface area contributed by atoms with Gasteiger partial charge in [0.25, 0.3) is 5.91 Å². The minimum Gasteiger partial charge on any atom is -0.457 e. The van der Waals surface area contributed by atoms with Gasteiger partial charge in [0.15, 0.2) is 0 Å². The summed E-state index contributed by atoms with van der Waals surface area (Å²) in [7, 11) is 0. The van der Waals surface area contributed by atoms with Gasteiger partial charge < -0.3 is 15.8 Å². The van der Waals surface area contributed by atoms with Crippen LogP contribution in [0.15, 0.2) is 78.9 Å². The summed E-state index contributed by atoms with van der Waals surface area (Å²) < 4.78 is 5.73. The molecule has 0 radical (unpaired) electrons. The van der Waals surface area contributed by atoms with Crippen LogP contribution in [0.2, 0.25) is 0 Å². The fraction of sp³-hybridized carbons (Fsp3) is 0.167. The first kappa shape index (κ1) is 20.1. The fourth-order valence-electron chi connectivity index (χ4n) is 2.90. The summed E-state index contributed by atoms with van der Waals surface area (Å²) in [6.07, 6.45) is 1.79. The Hall–Kier alpha value is -3.60. The van der Waals surface area contributed by atoms with Gasteiger partial charge in [0.2, 0.25) is 5.91 Å². The van der Waals surface area contributed by atoms with Gasteiger partial charge in [-0.3, -0.25) is 9.59 Å². The Balaban J connectivity index is 1.52. The monoisotopic (exact) mass is 388 g/mol. The van der Waals surface area contributed by atoms with Crippen LogP contribution in [0.4, 0.5) is 0 Å². The SMILES string of the molecule is CC(CCc1ccccc1)NC(=O)c1ccc(Oc2ccc(C(N)=O)cc2)cc1. The third kappa shape index (κ3) is 5.94. The van der Waals surface area contributed by atoms with Gasteiger partial charge >= 0.3 is 0 Å². The van der Waals surface area contributed by atoms with E-state index in [1.165, 1.54) is 5.56 Å². The van der Waals surface area contributed by atoms with Crippen LogP contribution in [0, 0.1) is 0 Å². The van der Waals surface area contributed by atoms with Crippen molar-refractivity contribution in [3.8, 4) is 11.5 Å². The van der Waals surface area contributed by atoms with E-state index in [0.717, 1.165) is 12.8 Å². The first-order chi connectivity index (χ1) is 14.0. The molecule has 0 heterocycles. The first-order valence-electron chi connectivity index (χ1n) is 9.54. The maximum Gasteiger partial charge on any atom is 0.251 e. The Morgan fingerprint density at radius 2 is 1.41 bits per heavy atom. The number of benzene rings is 3. The van der Waals surface area contributed by atoms with Crippen LogP contribution in [0.5, 0.6) is 11.5 Å². The van der Waals surface area contributed by atoms with Crippen LogP contribution >= 0.6 is 0 Å². The zero-order valence-electron chi connectivity index (χ0n) is 16.3. The smallest absolute Gasteiger partial charge is 0.251 e. The molecule has 0 aromatic heterocycles. The average molecular weight is 388 g/mol. The Bertz CT molecular complexity index is 952. The molecule has 0 saturated heterocycles. The second-order valence-corrected chi connectivity index (χ2v) is 6.91. The van der Waals surface area contributed by atoms with Crippen molar-refractivity contribution in [1.82, 2.24) is 5.32 Å². The van der Waals surface area contributed by atoms with Crippen molar-refractivity contribution in [2.45, 2.75) is 25.8 Å². The van der Waals surface area contributed by atoms with Gasteiger partial charge in [-0.1, -0.05) is 30.3 Å². The van der Waals surface area contributed by atoms with Gasteiger partial charge in [-0.05, 0) is 73.9 Å². The number of rotatable bonds is 8. The fourth-order valence-corrected chi connectivity index (χ4v) is 2.90. The number of hydrogen-bond acceptors (Lipinski definition) is 3. The summed E-state index contributed by atoms with van der Waals surface area (Å²) in [4.78, 5) is 23.5. The molecule has 5 nitrogen and oxygen atoms in total. The lowest BCUT2D eigenvalue weighted by Crippen LogP contribution is -2.32. The van der Waals surface area contributed by atoms with E-state index < -0.39 is 5.91 Å². The van der Waals surface area contributed by atoms with E-state index in [4.69, 9.17) is 10.5 Å². The number of hydrogen-bond donors (Lipinski definition) is 2. The molecule has 1 atom stereocenters. The van der Waals surface area contributed by atoms with Crippen molar-refractivity contribution in [1.29, 1.82) is 0 Å². The number of primary amides is 1. The first-order valence-corrected chi connectivity index (χ1v) is 9.54. The van der Waals surface area contributed by atoms with Crippen molar-refractivity contribution in [3.05, 3.63) is 95.6 Å². The highest BCUT2D eigenvalue weighted by Crippen LogP contribution is 2.22. The largest absolute Gasteiger partial charge is 0.457 e. The topological polar surface area (TPSA) is 81.4 Å². The number of nitrogens with two attached hydrogens (primary N) is 1. The zero-order valence-corrected chi connectivity index (χ0v) is 16.3. The normalized spacial score (nSPS) is 11.5. The summed E-state index contributed by atoms with van der Waals surface area (Å²) in [5, 5.41) is 3.03. The molecule has 0 spiro atoms. The minimum atomic E-state index is -0.482. The zero-order chi connectivity index (χ0) is 20.6. The summed E-state index contributed by atoms with van der Waals surface area (Å²) in [6.45, 7) is 2.01. The third-order valence-corrected chi connectivity index (χ3v) is 4.58. The van der Waals surface area contributed by atoms with Crippen molar-refractivity contribution in [2.75, 3.05) is 0 Å². The molecule has 3 aromatic rings. The standard InChI is InChI=1S/C24H24N2O3/c1-17(7-8-18-5-3-2-4-6-18)26-24(28)20-11-15-22(16-12-20)29-21-13-9-19(10-14-21)23(25)27/h2-6,9-17H,7-8H2,1H3,(H2,25,27)(H,26,28). The molecule has 0 aliphatic heterocycles. The van der Waals surface area contributed by atoms with Crippen molar-refractivity contribution >= 4 is 11.8 Å².